The van der Waals surface area contributed by atoms with Crippen molar-refractivity contribution in [3.63, 3.8) is 0 Å². The molecule has 1 heterocycles. The van der Waals surface area contributed by atoms with Crippen LogP contribution in [-0.4, -0.2) is 47.3 Å². The van der Waals surface area contributed by atoms with E-state index in [2.05, 4.69) is 0 Å². The smallest absolute Gasteiger partial charge is 0.258 e. The average molecular weight is 339 g/mol. The summed E-state index contributed by atoms with van der Waals surface area (Å²) in [5.74, 6) is -1.20. The number of hydrogen-bond acceptors (Lipinski definition) is 2. The normalized spacial score (nSPS) is 19.5. The van der Waals surface area contributed by atoms with Gasteiger partial charge in [0, 0.05) is 19.1 Å². The van der Waals surface area contributed by atoms with Crippen molar-refractivity contribution in [2.45, 2.75) is 38.6 Å². The van der Waals surface area contributed by atoms with E-state index in [-0.39, 0.29) is 23.0 Å². The van der Waals surface area contributed by atoms with Gasteiger partial charge in [0.2, 0.25) is 5.91 Å². The highest BCUT2D eigenvalue weighted by molar-refractivity contribution is 6.34. The average Bonchev–Trinajstić information content (AvgIpc) is 3.05. The maximum absolute atomic E-state index is 14.0. The molecule has 1 aliphatic carbocycles. The molecule has 0 radical (unpaired) electrons. The number of benzene rings is 1. The summed E-state index contributed by atoms with van der Waals surface area (Å²) in [6, 6.07) is 3.09. The summed E-state index contributed by atoms with van der Waals surface area (Å²) < 4.78 is 14.0. The van der Waals surface area contributed by atoms with E-state index >= 15 is 0 Å². The van der Waals surface area contributed by atoms with Gasteiger partial charge in [-0.05, 0) is 31.4 Å². The maximum Gasteiger partial charge on any atom is 0.258 e. The first-order chi connectivity index (χ1) is 11.0. The molecule has 1 aromatic carbocycles. The number of rotatable bonds is 2. The summed E-state index contributed by atoms with van der Waals surface area (Å²) in [5.41, 5.74) is 0.515. The largest absolute Gasteiger partial charge is 0.336 e. The summed E-state index contributed by atoms with van der Waals surface area (Å²) in [4.78, 5) is 28.2. The van der Waals surface area contributed by atoms with Gasteiger partial charge in [0.15, 0.2) is 0 Å². The van der Waals surface area contributed by atoms with Crippen molar-refractivity contribution in [2.75, 3.05) is 19.6 Å². The summed E-state index contributed by atoms with van der Waals surface area (Å²) >= 11 is 6.10. The zero-order valence-corrected chi connectivity index (χ0v) is 13.9. The molecule has 1 aliphatic heterocycles. The third-order valence-electron chi connectivity index (χ3n) is 4.81. The van der Waals surface area contributed by atoms with Gasteiger partial charge in [-0.25, -0.2) is 4.39 Å². The van der Waals surface area contributed by atoms with Crippen LogP contribution in [0.4, 0.5) is 4.39 Å². The van der Waals surface area contributed by atoms with Crippen LogP contribution in [0.25, 0.3) is 0 Å². The Hall–Kier alpha value is -1.62. The molecule has 1 saturated heterocycles. The van der Waals surface area contributed by atoms with Gasteiger partial charge < -0.3 is 9.80 Å². The van der Waals surface area contributed by atoms with Crippen LogP contribution in [0.5, 0.6) is 0 Å². The van der Waals surface area contributed by atoms with Gasteiger partial charge in [-0.1, -0.05) is 30.5 Å². The van der Waals surface area contributed by atoms with E-state index < -0.39 is 11.7 Å². The molecule has 0 N–H and O–H groups in total. The predicted molar refractivity (Wildman–Crippen MR) is 86.0 cm³/mol. The number of carbonyl (C=O) groups is 2. The number of halogens is 2. The molecule has 0 bridgehead atoms. The van der Waals surface area contributed by atoms with E-state index in [1.807, 2.05) is 4.90 Å². The second-order valence-corrected chi connectivity index (χ2v) is 6.68. The second-order valence-electron chi connectivity index (χ2n) is 6.31. The minimum atomic E-state index is -0.642. The zero-order chi connectivity index (χ0) is 16.6. The van der Waals surface area contributed by atoms with Crippen molar-refractivity contribution in [1.82, 2.24) is 9.80 Å². The highest BCUT2D eigenvalue weighted by Crippen LogP contribution is 2.27. The van der Waals surface area contributed by atoms with E-state index in [0.29, 0.717) is 24.7 Å². The first-order valence-electron chi connectivity index (χ1n) is 8.02. The molecule has 1 aromatic rings. The number of hydrogen-bond donors (Lipinski definition) is 0. The second kappa shape index (κ2) is 6.48. The van der Waals surface area contributed by atoms with Crippen LogP contribution in [-0.2, 0) is 4.79 Å². The quantitative estimate of drug-likeness (QED) is 0.831. The Morgan fingerprint density at radius 2 is 1.96 bits per heavy atom. The number of nitrogens with zero attached hydrogens (tertiary/aromatic N) is 2. The van der Waals surface area contributed by atoms with Crippen molar-refractivity contribution in [3.8, 4) is 0 Å². The van der Waals surface area contributed by atoms with Gasteiger partial charge >= 0.3 is 0 Å². The summed E-state index contributed by atoms with van der Waals surface area (Å²) in [6.45, 7) is 2.66. The monoisotopic (exact) mass is 338 g/mol. The predicted octanol–water partition coefficient (Wildman–Crippen LogP) is 3.01. The molecule has 6 heteroatoms. The molecule has 2 aliphatic rings. The lowest BCUT2D eigenvalue weighted by atomic mass is 10.1. The number of carbonyl (C=O) groups excluding carboxylic acids is 2. The Kier molecular flexibility index (Phi) is 4.57. The van der Waals surface area contributed by atoms with Gasteiger partial charge in [0.25, 0.3) is 5.91 Å². The van der Waals surface area contributed by atoms with Crippen LogP contribution < -0.4 is 0 Å². The van der Waals surface area contributed by atoms with Crippen molar-refractivity contribution in [2.24, 2.45) is 0 Å². The Labute approximate surface area is 140 Å². The third-order valence-corrected chi connectivity index (χ3v) is 5.30. The first-order valence-corrected chi connectivity index (χ1v) is 8.40. The van der Waals surface area contributed by atoms with Gasteiger partial charge in [-0.3, -0.25) is 9.59 Å². The zero-order valence-electron chi connectivity index (χ0n) is 13.1. The number of aryl methyl sites for hydroxylation is 1. The molecule has 2 amide bonds. The van der Waals surface area contributed by atoms with Gasteiger partial charge in [-0.15, -0.1) is 0 Å². The number of amides is 2. The SMILES string of the molecule is Cc1ccc(F)c(C(=O)N2CCN(C3CCCC3)C(=O)C2)c1Cl. The Bertz CT molecular complexity index is 644. The van der Waals surface area contributed by atoms with Crippen molar-refractivity contribution >= 4 is 23.4 Å². The van der Waals surface area contributed by atoms with Crippen molar-refractivity contribution in [3.05, 3.63) is 34.1 Å². The molecule has 4 nitrogen and oxygen atoms in total. The van der Waals surface area contributed by atoms with Gasteiger partial charge in [0.1, 0.15) is 12.4 Å². The minimum Gasteiger partial charge on any atom is -0.336 e. The lowest BCUT2D eigenvalue weighted by molar-refractivity contribution is -0.137. The molecular formula is C17H20ClFN2O2. The van der Waals surface area contributed by atoms with E-state index in [1.54, 1.807) is 6.92 Å². The van der Waals surface area contributed by atoms with Crippen molar-refractivity contribution in [1.29, 1.82) is 0 Å². The topological polar surface area (TPSA) is 40.6 Å². The fourth-order valence-electron chi connectivity index (χ4n) is 3.47. The minimum absolute atomic E-state index is 0.000948. The van der Waals surface area contributed by atoms with Crippen LogP contribution in [0.1, 0.15) is 41.6 Å². The lowest BCUT2D eigenvalue weighted by Gasteiger charge is -2.38. The molecule has 2 fully saturated rings. The maximum atomic E-state index is 14.0. The first kappa shape index (κ1) is 16.2. The van der Waals surface area contributed by atoms with E-state index in [4.69, 9.17) is 11.6 Å². The van der Waals surface area contributed by atoms with Gasteiger partial charge in [-0.2, -0.15) is 0 Å². The molecule has 124 valence electrons. The van der Waals surface area contributed by atoms with E-state index in [9.17, 15) is 14.0 Å². The van der Waals surface area contributed by atoms with Crippen LogP contribution in [0, 0.1) is 12.7 Å². The molecule has 23 heavy (non-hydrogen) atoms. The highest BCUT2D eigenvalue weighted by atomic mass is 35.5. The Morgan fingerprint density at radius 3 is 2.61 bits per heavy atom. The molecular weight excluding hydrogens is 319 g/mol. The molecule has 0 aromatic heterocycles. The van der Waals surface area contributed by atoms with E-state index in [1.165, 1.54) is 17.0 Å². The van der Waals surface area contributed by atoms with Gasteiger partial charge in [0.05, 0.1) is 10.6 Å². The fourth-order valence-corrected chi connectivity index (χ4v) is 3.71. The molecule has 0 unspecified atom stereocenters. The molecule has 1 saturated carbocycles. The summed E-state index contributed by atoms with van der Waals surface area (Å²) in [6.07, 6.45) is 4.39. The third kappa shape index (κ3) is 3.07. The summed E-state index contributed by atoms with van der Waals surface area (Å²) in [5, 5.41) is 0.126. The van der Waals surface area contributed by atoms with Crippen LogP contribution >= 0.6 is 11.6 Å². The molecule has 0 atom stereocenters. The van der Waals surface area contributed by atoms with Crippen LogP contribution in [0.15, 0.2) is 12.1 Å². The fraction of sp³-hybridized carbons (Fsp3) is 0.529. The number of piperazine rings is 1. The molecule has 0 spiro atoms. The van der Waals surface area contributed by atoms with E-state index in [0.717, 1.165) is 25.7 Å². The van der Waals surface area contributed by atoms with Crippen LogP contribution in [0.2, 0.25) is 5.02 Å². The Balaban J connectivity index is 1.75. The van der Waals surface area contributed by atoms with Crippen molar-refractivity contribution < 1.29 is 14.0 Å². The van der Waals surface area contributed by atoms with Crippen LogP contribution in [0.3, 0.4) is 0 Å². The summed E-state index contributed by atoms with van der Waals surface area (Å²) in [7, 11) is 0. The molecule has 3 rings (SSSR count). The Morgan fingerprint density at radius 1 is 1.26 bits per heavy atom. The lowest BCUT2D eigenvalue weighted by Crippen LogP contribution is -2.55. The standard InChI is InChI=1S/C17H20ClFN2O2/c1-11-6-7-13(19)15(16(11)18)17(23)20-8-9-21(14(22)10-20)12-4-2-3-5-12/h6-7,12H,2-5,8-10H2,1H3. The highest BCUT2D eigenvalue weighted by Gasteiger charge is 2.34.